The summed E-state index contributed by atoms with van der Waals surface area (Å²) in [6.45, 7) is 1.50. The van der Waals surface area contributed by atoms with Gasteiger partial charge in [0.15, 0.2) is 0 Å². The van der Waals surface area contributed by atoms with Gasteiger partial charge < -0.3 is 9.67 Å². The lowest BCUT2D eigenvalue weighted by atomic mass is 10.0. The van der Waals surface area contributed by atoms with Crippen LogP contribution in [0.4, 0.5) is 0 Å². The molecule has 5 rings (SSSR count). The van der Waals surface area contributed by atoms with E-state index in [-0.39, 0.29) is 11.5 Å². The predicted octanol–water partition coefficient (Wildman–Crippen LogP) is 5.97. The maximum absolute atomic E-state index is 12.8. The summed E-state index contributed by atoms with van der Waals surface area (Å²) >= 11 is 0. The van der Waals surface area contributed by atoms with Gasteiger partial charge in [0.1, 0.15) is 6.10 Å². The van der Waals surface area contributed by atoms with E-state index in [9.17, 15) is 13.5 Å². The molecule has 36 heavy (non-hydrogen) atoms. The first-order chi connectivity index (χ1) is 17.4. The third-order valence-electron chi connectivity index (χ3n) is 6.34. The lowest BCUT2D eigenvalue weighted by Gasteiger charge is -2.26. The van der Waals surface area contributed by atoms with Gasteiger partial charge in [-0.05, 0) is 53.3 Å². The van der Waals surface area contributed by atoms with Crippen molar-refractivity contribution in [3.8, 4) is 11.1 Å². The fraction of sp³-hybridized carbons (Fsp3) is 0.133. The average Bonchev–Trinajstić information content (AvgIpc) is 3.32. The van der Waals surface area contributed by atoms with Crippen LogP contribution in [-0.2, 0) is 14.3 Å². The summed E-state index contributed by atoms with van der Waals surface area (Å²) in [6, 6.07) is 33.8. The van der Waals surface area contributed by atoms with Crippen molar-refractivity contribution in [2.75, 3.05) is 6.61 Å². The summed E-state index contributed by atoms with van der Waals surface area (Å²) in [6.07, 6.45) is 0.804. The first kappa shape index (κ1) is 24.0. The molecule has 0 fully saturated rings. The number of hydrogen-bond acceptors (Lipinski definition) is 4. The Morgan fingerprint density at radius 2 is 1.47 bits per heavy atom. The van der Waals surface area contributed by atoms with Gasteiger partial charge >= 0.3 is 0 Å². The summed E-state index contributed by atoms with van der Waals surface area (Å²) in [7, 11) is -4.01. The van der Waals surface area contributed by atoms with Crippen LogP contribution in [0.1, 0.15) is 17.2 Å². The molecule has 0 unspecified atom stereocenters. The van der Waals surface area contributed by atoms with Crippen molar-refractivity contribution in [2.24, 2.45) is 0 Å². The number of nitrogens with zero attached hydrogens (tertiary/aromatic N) is 1. The molecule has 5 nitrogen and oxygen atoms in total. The second-order valence-electron chi connectivity index (χ2n) is 8.84. The molecule has 1 heterocycles. The SMILES string of the molecule is Cc1ccc(S(=O)(=O)OC[C@@H](O)[C@H](c2ccccc2)n2ccc3ccc(-c4ccccc4)cc32)cc1. The van der Waals surface area contributed by atoms with Crippen LogP contribution in [0.15, 0.2) is 120 Å². The molecular formula is C30H27NO4S. The third-order valence-corrected chi connectivity index (χ3v) is 7.64. The zero-order chi connectivity index (χ0) is 25.1. The van der Waals surface area contributed by atoms with E-state index in [0.717, 1.165) is 33.2 Å². The molecule has 2 atom stereocenters. The van der Waals surface area contributed by atoms with Gasteiger partial charge in [-0.15, -0.1) is 0 Å². The van der Waals surface area contributed by atoms with Crippen LogP contribution in [0.2, 0.25) is 0 Å². The van der Waals surface area contributed by atoms with Crippen molar-refractivity contribution in [2.45, 2.75) is 24.0 Å². The number of rotatable bonds is 8. The first-order valence-corrected chi connectivity index (χ1v) is 13.2. The van der Waals surface area contributed by atoms with Gasteiger partial charge in [0.05, 0.1) is 17.5 Å². The molecule has 0 radical (unpaired) electrons. The topological polar surface area (TPSA) is 68.5 Å². The molecule has 1 N–H and O–H groups in total. The maximum atomic E-state index is 12.8. The highest BCUT2D eigenvalue weighted by atomic mass is 32.2. The Morgan fingerprint density at radius 1 is 0.806 bits per heavy atom. The Bertz CT molecular complexity index is 1560. The smallest absolute Gasteiger partial charge is 0.297 e. The largest absolute Gasteiger partial charge is 0.388 e. The molecule has 0 aliphatic heterocycles. The van der Waals surface area contributed by atoms with Crippen molar-refractivity contribution >= 4 is 21.0 Å². The van der Waals surface area contributed by atoms with Crippen molar-refractivity contribution in [1.29, 1.82) is 0 Å². The van der Waals surface area contributed by atoms with Gasteiger partial charge in [0.25, 0.3) is 10.1 Å². The number of benzene rings is 4. The van der Waals surface area contributed by atoms with E-state index in [0.29, 0.717) is 0 Å². The number of aryl methyl sites for hydroxylation is 1. The molecule has 0 saturated carbocycles. The fourth-order valence-corrected chi connectivity index (χ4v) is 5.37. The summed E-state index contributed by atoms with van der Waals surface area (Å²) in [5.74, 6) is 0. The molecule has 5 aromatic rings. The van der Waals surface area contributed by atoms with E-state index < -0.39 is 22.3 Å². The Labute approximate surface area is 211 Å². The molecule has 0 amide bonds. The lowest BCUT2D eigenvalue weighted by Crippen LogP contribution is -2.30. The van der Waals surface area contributed by atoms with E-state index >= 15 is 0 Å². The van der Waals surface area contributed by atoms with Crippen LogP contribution in [0, 0.1) is 6.92 Å². The number of aromatic nitrogens is 1. The van der Waals surface area contributed by atoms with Gasteiger partial charge in [-0.3, -0.25) is 4.18 Å². The summed E-state index contributed by atoms with van der Waals surface area (Å²) in [5, 5.41) is 12.3. The van der Waals surface area contributed by atoms with Gasteiger partial charge in [-0.25, -0.2) is 0 Å². The van der Waals surface area contributed by atoms with Crippen molar-refractivity contribution in [3.63, 3.8) is 0 Å². The molecule has 182 valence electrons. The first-order valence-electron chi connectivity index (χ1n) is 11.8. The average molecular weight is 498 g/mol. The number of hydrogen-bond donors (Lipinski definition) is 1. The summed E-state index contributed by atoms with van der Waals surface area (Å²) in [5.41, 5.74) is 4.89. The van der Waals surface area contributed by atoms with E-state index in [1.54, 1.807) is 12.1 Å². The van der Waals surface area contributed by atoms with Crippen LogP contribution in [0.3, 0.4) is 0 Å². The van der Waals surface area contributed by atoms with Crippen LogP contribution >= 0.6 is 0 Å². The second kappa shape index (κ2) is 10.1. The van der Waals surface area contributed by atoms with Crippen LogP contribution in [-0.4, -0.2) is 30.8 Å². The Kier molecular flexibility index (Phi) is 6.74. The lowest BCUT2D eigenvalue weighted by molar-refractivity contribution is 0.0785. The van der Waals surface area contributed by atoms with Crippen LogP contribution in [0.25, 0.3) is 22.0 Å². The minimum Gasteiger partial charge on any atom is -0.388 e. The van der Waals surface area contributed by atoms with E-state index in [2.05, 4.69) is 30.3 Å². The molecule has 0 aliphatic rings. The molecule has 6 heteroatoms. The Morgan fingerprint density at radius 3 is 2.17 bits per heavy atom. The van der Waals surface area contributed by atoms with Gasteiger partial charge in [-0.1, -0.05) is 90.5 Å². The molecule has 0 aliphatic carbocycles. The van der Waals surface area contributed by atoms with E-state index in [1.165, 1.54) is 12.1 Å². The normalized spacial score (nSPS) is 13.5. The highest BCUT2D eigenvalue weighted by Crippen LogP contribution is 2.31. The van der Waals surface area contributed by atoms with Crippen molar-refractivity contribution in [1.82, 2.24) is 4.57 Å². The van der Waals surface area contributed by atoms with Crippen molar-refractivity contribution < 1.29 is 17.7 Å². The molecular weight excluding hydrogens is 470 g/mol. The molecule has 0 bridgehead atoms. The highest BCUT2D eigenvalue weighted by Gasteiger charge is 2.27. The molecule has 1 aromatic heterocycles. The number of aliphatic hydroxyl groups is 1. The number of fused-ring (bicyclic) bond motifs is 1. The fourth-order valence-electron chi connectivity index (χ4n) is 4.44. The minimum absolute atomic E-state index is 0.0653. The zero-order valence-electron chi connectivity index (χ0n) is 19.9. The quantitative estimate of drug-likeness (QED) is 0.268. The second-order valence-corrected chi connectivity index (χ2v) is 10.5. The monoisotopic (exact) mass is 497 g/mol. The third kappa shape index (κ3) is 4.97. The Balaban J connectivity index is 1.50. The van der Waals surface area contributed by atoms with E-state index in [1.807, 2.05) is 72.3 Å². The molecule has 0 saturated heterocycles. The highest BCUT2D eigenvalue weighted by molar-refractivity contribution is 7.86. The molecule has 0 spiro atoms. The maximum Gasteiger partial charge on any atom is 0.297 e. The molecule has 4 aromatic carbocycles. The van der Waals surface area contributed by atoms with E-state index in [4.69, 9.17) is 4.18 Å². The summed E-state index contributed by atoms with van der Waals surface area (Å²) in [4.78, 5) is 0.0653. The zero-order valence-corrected chi connectivity index (χ0v) is 20.7. The summed E-state index contributed by atoms with van der Waals surface area (Å²) < 4.78 is 32.9. The number of aliphatic hydroxyl groups excluding tert-OH is 1. The standard InChI is InChI=1S/C30H27NO4S/c1-22-12-16-27(17-13-22)36(33,34)35-21-29(32)30(25-10-6-3-7-11-25)31-19-18-24-14-15-26(20-28(24)31)23-8-4-2-5-9-23/h2-20,29-30,32H,21H2,1H3/t29-,30+/m1/s1. The van der Waals surface area contributed by atoms with Gasteiger partial charge in [-0.2, -0.15) is 8.42 Å². The predicted molar refractivity (Wildman–Crippen MR) is 142 cm³/mol. The van der Waals surface area contributed by atoms with Gasteiger partial charge in [0, 0.05) is 11.7 Å². The van der Waals surface area contributed by atoms with Crippen LogP contribution < -0.4 is 0 Å². The minimum atomic E-state index is -4.01. The van der Waals surface area contributed by atoms with Crippen LogP contribution in [0.5, 0.6) is 0 Å². The van der Waals surface area contributed by atoms with Crippen molar-refractivity contribution in [3.05, 3.63) is 127 Å². The Hall–Kier alpha value is -3.71. The van der Waals surface area contributed by atoms with Gasteiger partial charge in [0.2, 0.25) is 0 Å².